The van der Waals surface area contributed by atoms with Crippen LogP contribution in [-0.4, -0.2) is 52.5 Å². The number of anilines is 1. The molecule has 31 heavy (non-hydrogen) atoms. The lowest BCUT2D eigenvalue weighted by Gasteiger charge is -2.34. The molecule has 0 radical (unpaired) electrons. The summed E-state index contributed by atoms with van der Waals surface area (Å²) in [6.45, 7) is 4.49. The number of carbonyl (C=O) groups excluding carboxylic acids is 1. The molecule has 1 aliphatic rings. The van der Waals surface area contributed by atoms with Crippen LogP contribution in [0.5, 0.6) is 5.75 Å². The number of aromatic hydroxyl groups is 1. The van der Waals surface area contributed by atoms with Crippen LogP contribution in [0.3, 0.4) is 0 Å². The van der Waals surface area contributed by atoms with Gasteiger partial charge in [-0.2, -0.15) is 0 Å². The SMILES string of the molecule is CCc1c(SC)n(C)c2c(N3CCC(CCNC(=O)CCC(=O)O)CC3)c(O)ccc12. The number of carboxylic acid groups (broad SMARTS) is 1. The van der Waals surface area contributed by atoms with Crippen molar-refractivity contribution < 1.29 is 19.8 Å². The topological polar surface area (TPSA) is 94.8 Å². The zero-order valence-electron chi connectivity index (χ0n) is 18.6. The Morgan fingerprint density at radius 3 is 2.55 bits per heavy atom. The minimum Gasteiger partial charge on any atom is -0.506 e. The number of thioether (sulfide) groups is 1. The first-order valence-electron chi connectivity index (χ1n) is 11.0. The summed E-state index contributed by atoms with van der Waals surface area (Å²) in [4.78, 5) is 24.5. The first kappa shape index (κ1) is 23.3. The van der Waals surface area contributed by atoms with E-state index in [1.54, 1.807) is 11.8 Å². The Morgan fingerprint density at radius 1 is 1.23 bits per heavy atom. The summed E-state index contributed by atoms with van der Waals surface area (Å²) in [7, 11) is 2.08. The highest BCUT2D eigenvalue weighted by molar-refractivity contribution is 7.98. The Hall–Kier alpha value is -2.35. The molecule has 170 valence electrons. The van der Waals surface area contributed by atoms with Crippen molar-refractivity contribution in [3.63, 3.8) is 0 Å². The number of aromatic nitrogens is 1. The molecule has 0 bridgehead atoms. The second-order valence-corrected chi connectivity index (χ2v) is 8.99. The molecule has 3 rings (SSSR count). The third kappa shape index (κ3) is 5.11. The fourth-order valence-corrected chi connectivity index (χ4v) is 5.52. The number of fused-ring (bicyclic) bond motifs is 1. The molecule has 1 saturated heterocycles. The first-order chi connectivity index (χ1) is 14.9. The Balaban J connectivity index is 1.65. The van der Waals surface area contributed by atoms with Gasteiger partial charge in [0.1, 0.15) is 11.4 Å². The van der Waals surface area contributed by atoms with Crippen LogP contribution in [-0.2, 0) is 23.1 Å². The number of hydrogen-bond acceptors (Lipinski definition) is 5. The molecule has 1 aromatic heterocycles. The van der Waals surface area contributed by atoms with Crippen molar-refractivity contribution in [3.8, 4) is 5.75 Å². The van der Waals surface area contributed by atoms with E-state index >= 15 is 0 Å². The minimum atomic E-state index is -0.949. The molecule has 1 aromatic carbocycles. The van der Waals surface area contributed by atoms with Crippen LogP contribution < -0.4 is 10.2 Å². The van der Waals surface area contributed by atoms with Crippen molar-refractivity contribution in [2.45, 2.75) is 50.5 Å². The smallest absolute Gasteiger partial charge is 0.303 e. The number of phenols is 1. The Morgan fingerprint density at radius 2 is 1.94 bits per heavy atom. The third-order valence-corrected chi connectivity index (χ3v) is 7.18. The van der Waals surface area contributed by atoms with Crippen LogP contribution >= 0.6 is 11.8 Å². The van der Waals surface area contributed by atoms with Gasteiger partial charge < -0.3 is 25.0 Å². The van der Waals surface area contributed by atoms with E-state index in [-0.39, 0.29) is 18.7 Å². The average Bonchev–Trinajstić information content (AvgIpc) is 3.03. The van der Waals surface area contributed by atoms with Crippen LogP contribution in [0.4, 0.5) is 5.69 Å². The Bertz CT molecular complexity index is 948. The lowest BCUT2D eigenvalue weighted by Crippen LogP contribution is -2.35. The molecule has 0 spiro atoms. The molecule has 0 aliphatic carbocycles. The highest BCUT2D eigenvalue weighted by Crippen LogP contribution is 2.42. The van der Waals surface area contributed by atoms with Gasteiger partial charge in [0.2, 0.25) is 5.91 Å². The van der Waals surface area contributed by atoms with Crippen molar-refractivity contribution in [2.75, 3.05) is 30.8 Å². The van der Waals surface area contributed by atoms with Gasteiger partial charge in [-0.25, -0.2) is 0 Å². The van der Waals surface area contributed by atoms with E-state index in [1.807, 2.05) is 12.1 Å². The second kappa shape index (κ2) is 10.3. The molecule has 1 fully saturated rings. The summed E-state index contributed by atoms with van der Waals surface area (Å²) in [5, 5.41) is 24.7. The number of benzene rings is 1. The van der Waals surface area contributed by atoms with Crippen molar-refractivity contribution in [3.05, 3.63) is 17.7 Å². The summed E-state index contributed by atoms with van der Waals surface area (Å²) in [5.41, 5.74) is 3.36. The summed E-state index contributed by atoms with van der Waals surface area (Å²) in [6.07, 6.45) is 5.85. The van der Waals surface area contributed by atoms with Gasteiger partial charge in [0, 0.05) is 38.5 Å². The largest absolute Gasteiger partial charge is 0.506 e. The van der Waals surface area contributed by atoms with Gasteiger partial charge in [-0.1, -0.05) is 6.92 Å². The van der Waals surface area contributed by atoms with E-state index < -0.39 is 5.97 Å². The predicted octanol–water partition coefficient (Wildman–Crippen LogP) is 3.76. The minimum absolute atomic E-state index is 0.0332. The number of piperidine rings is 1. The number of aliphatic carboxylic acids is 1. The van der Waals surface area contributed by atoms with E-state index in [1.165, 1.54) is 16.0 Å². The maximum atomic E-state index is 11.7. The zero-order valence-corrected chi connectivity index (χ0v) is 19.4. The Labute approximate surface area is 187 Å². The monoisotopic (exact) mass is 447 g/mol. The van der Waals surface area contributed by atoms with Crippen LogP contribution in [0.25, 0.3) is 10.9 Å². The second-order valence-electron chi connectivity index (χ2n) is 8.19. The maximum Gasteiger partial charge on any atom is 0.303 e. The summed E-state index contributed by atoms with van der Waals surface area (Å²) in [5.74, 6) is -0.308. The van der Waals surface area contributed by atoms with Crippen LogP contribution in [0.1, 0.15) is 44.6 Å². The standard InChI is InChI=1S/C23H33N3O4S/c1-4-16-17-5-6-18(27)22(21(17)25(2)23(16)31-3)26-13-10-15(11-14-26)9-12-24-19(28)7-8-20(29)30/h5-6,15,27H,4,7-14H2,1-3H3,(H,24,28)(H,29,30). The van der Waals surface area contributed by atoms with Gasteiger partial charge in [0.05, 0.1) is 17.0 Å². The van der Waals surface area contributed by atoms with E-state index in [4.69, 9.17) is 5.11 Å². The van der Waals surface area contributed by atoms with Gasteiger partial charge in [-0.15, -0.1) is 11.8 Å². The molecule has 2 aromatic rings. The van der Waals surface area contributed by atoms with Crippen LogP contribution in [0.2, 0.25) is 0 Å². The fraction of sp³-hybridized carbons (Fsp3) is 0.565. The van der Waals surface area contributed by atoms with E-state index in [0.29, 0.717) is 18.2 Å². The van der Waals surface area contributed by atoms with Gasteiger partial charge in [0.25, 0.3) is 0 Å². The number of nitrogens with zero attached hydrogens (tertiary/aromatic N) is 2. The van der Waals surface area contributed by atoms with Crippen LogP contribution in [0, 0.1) is 5.92 Å². The number of aryl methyl sites for hydroxylation is 2. The number of hydrogen-bond donors (Lipinski definition) is 3. The maximum absolute atomic E-state index is 11.7. The molecule has 1 aliphatic heterocycles. The number of nitrogens with one attached hydrogen (secondary N) is 1. The highest BCUT2D eigenvalue weighted by atomic mass is 32.2. The van der Waals surface area contributed by atoms with Gasteiger partial charge in [0.15, 0.2) is 0 Å². The summed E-state index contributed by atoms with van der Waals surface area (Å²) < 4.78 is 2.21. The van der Waals surface area contributed by atoms with Gasteiger partial charge in [-0.05, 0) is 55.6 Å². The molecule has 0 atom stereocenters. The molecular weight excluding hydrogens is 414 g/mol. The fourth-order valence-electron chi connectivity index (χ4n) is 4.65. The number of rotatable bonds is 9. The normalized spacial score (nSPS) is 14.9. The average molecular weight is 448 g/mol. The Kier molecular flexibility index (Phi) is 7.75. The van der Waals surface area contributed by atoms with E-state index in [0.717, 1.165) is 50.0 Å². The molecule has 2 heterocycles. The first-order valence-corrected chi connectivity index (χ1v) is 12.2. The zero-order chi connectivity index (χ0) is 22.5. The highest BCUT2D eigenvalue weighted by Gasteiger charge is 2.26. The van der Waals surface area contributed by atoms with Crippen molar-refractivity contribution in [2.24, 2.45) is 13.0 Å². The van der Waals surface area contributed by atoms with E-state index in [2.05, 4.69) is 35.0 Å². The van der Waals surface area contributed by atoms with Crippen molar-refractivity contribution in [1.82, 2.24) is 9.88 Å². The number of carbonyl (C=O) groups is 2. The van der Waals surface area contributed by atoms with Crippen LogP contribution in [0.15, 0.2) is 17.2 Å². The quantitative estimate of drug-likeness (QED) is 0.507. The number of carboxylic acids is 1. The molecule has 0 unspecified atom stereocenters. The van der Waals surface area contributed by atoms with Crippen molar-refractivity contribution in [1.29, 1.82) is 0 Å². The van der Waals surface area contributed by atoms with Gasteiger partial charge >= 0.3 is 5.97 Å². The molecule has 3 N–H and O–H groups in total. The third-order valence-electron chi connectivity index (χ3n) is 6.27. The number of amides is 1. The molecule has 7 nitrogen and oxygen atoms in total. The van der Waals surface area contributed by atoms with Gasteiger partial charge in [-0.3, -0.25) is 9.59 Å². The lowest BCUT2D eigenvalue weighted by atomic mass is 9.93. The number of phenolic OH excluding ortho intramolecular Hbond substituents is 1. The van der Waals surface area contributed by atoms with Crippen molar-refractivity contribution >= 4 is 40.2 Å². The summed E-state index contributed by atoms with van der Waals surface area (Å²) >= 11 is 1.75. The lowest BCUT2D eigenvalue weighted by molar-refractivity contribution is -0.138. The summed E-state index contributed by atoms with van der Waals surface area (Å²) in [6, 6.07) is 3.85. The molecule has 1 amide bonds. The molecule has 0 saturated carbocycles. The predicted molar refractivity (Wildman–Crippen MR) is 125 cm³/mol. The molecular formula is C23H33N3O4S. The molecule has 8 heteroatoms. The van der Waals surface area contributed by atoms with E-state index in [9.17, 15) is 14.7 Å².